The summed E-state index contributed by atoms with van der Waals surface area (Å²) in [7, 11) is 3.03. The molecule has 7 nitrogen and oxygen atoms in total. The topological polar surface area (TPSA) is 88.7 Å². The zero-order valence-corrected chi connectivity index (χ0v) is 16.8. The molecule has 3 N–H and O–H groups in total. The Morgan fingerprint density at radius 2 is 1.69 bits per heavy atom. The van der Waals surface area contributed by atoms with Gasteiger partial charge in [0, 0.05) is 24.1 Å². The third-order valence-electron chi connectivity index (χ3n) is 5.02. The van der Waals surface area contributed by atoms with E-state index in [1.54, 1.807) is 36.4 Å². The van der Waals surface area contributed by atoms with Crippen molar-refractivity contribution in [3.63, 3.8) is 0 Å². The molecule has 1 heterocycles. The minimum Gasteiger partial charge on any atom is -0.494 e. The number of rotatable bonds is 8. The van der Waals surface area contributed by atoms with Gasteiger partial charge in [0.05, 0.1) is 25.6 Å². The van der Waals surface area contributed by atoms with Gasteiger partial charge < -0.3 is 25.4 Å². The van der Waals surface area contributed by atoms with Gasteiger partial charge in [-0.25, -0.2) is 0 Å². The number of ether oxygens (including phenoxy) is 2. The summed E-state index contributed by atoms with van der Waals surface area (Å²) >= 11 is 0. The molecule has 3 rings (SSSR count). The van der Waals surface area contributed by atoms with E-state index in [-0.39, 0.29) is 11.8 Å². The lowest BCUT2D eigenvalue weighted by Gasteiger charge is -2.16. The summed E-state index contributed by atoms with van der Waals surface area (Å²) in [6.07, 6.45) is 2.41. The zero-order chi connectivity index (χ0) is 20.6. The normalized spacial score (nSPS) is 15.6. The number of hydrogen-bond acceptors (Lipinski definition) is 5. The van der Waals surface area contributed by atoms with Crippen molar-refractivity contribution < 1.29 is 19.1 Å². The van der Waals surface area contributed by atoms with Crippen LogP contribution < -0.4 is 25.4 Å². The van der Waals surface area contributed by atoms with E-state index in [1.807, 2.05) is 6.07 Å². The molecule has 1 saturated heterocycles. The van der Waals surface area contributed by atoms with Crippen molar-refractivity contribution in [3.8, 4) is 11.5 Å². The molecule has 7 heteroatoms. The second-order valence-electron chi connectivity index (χ2n) is 7.02. The molecule has 29 heavy (non-hydrogen) atoms. The Labute approximate surface area is 170 Å². The maximum Gasteiger partial charge on any atom is 0.255 e. The fourth-order valence-electron chi connectivity index (χ4n) is 3.39. The molecule has 0 bridgehead atoms. The summed E-state index contributed by atoms with van der Waals surface area (Å²) in [6.45, 7) is 1.99. The minimum atomic E-state index is -0.257. The number of carbonyl (C=O) groups is 2. The third-order valence-corrected chi connectivity index (χ3v) is 5.02. The van der Waals surface area contributed by atoms with Crippen LogP contribution in [0.3, 0.4) is 0 Å². The van der Waals surface area contributed by atoms with E-state index in [0.717, 1.165) is 25.9 Å². The Bertz CT molecular complexity index is 849. The summed E-state index contributed by atoms with van der Waals surface area (Å²) in [4.78, 5) is 24.9. The van der Waals surface area contributed by atoms with Gasteiger partial charge in [0.1, 0.15) is 11.5 Å². The van der Waals surface area contributed by atoms with E-state index in [0.29, 0.717) is 40.8 Å². The van der Waals surface area contributed by atoms with Gasteiger partial charge in [-0.1, -0.05) is 18.2 Å². The molecule has 1 unspecified atom stereocenters. The number of benzene rings is 2. The largest absolute Gasteiger partial charge is 0.494 e. The van der Waals surface area contributed by atoms with Gasteiger partial charge in [-0.15, -0.1) is 0 Å². The predicted octanol–water partition coefficient (Wildman–Crippen LogP) is 3.28. The number of carbonyl (C=O) groups excluding carboxylic acids is 2. The molecule has 0 radical (unpaired) electrons. The van der Waals surface area contributed by atoms with Crippen molar-refractivity contribution in [1.82, 2.24) is 5.32 Å². The van der Waals surface area contributed by atoms with E-state index in [4.69, 9.17) is 9.47 Å². The standard InChI is InChI=1S/C22H27N3O4/c1-28-19-13-18(25-22(27)16-6-4-3-5-7-16)20(29-2)12-17(19)24-21(26)9-8-15-10-11-23-14-15/h3-7,12-13,15,23H,8-11,14H2,1-2H3,(H,24,26)(H,25,27). The first-order valence-corrected chi connectivity index (χ1v) is 9.73. The molecule has 1 fully saturated rings. The van der Waals surface area contributed by atoms with Crippen molar-refractivity contribution >= 4 is 23.2 Å². The highest BCUT2D eigenvalue weighted by molar-refractivity contribution is 6.05. The molecule has 1 aliphatic heterocycles. The van der Waals surface area contributed by atoms with E-state index < -0.39 is 0 Å². The Hall–Kier alpha value is -3.06. The first-order chi connectivity index (χ1) is 14.1. The van der Waals surface area contributed by atoms with Crippen molar-refractivity contribution in [2.75, 3.05) is 37.9 Å². The summed E-state index contributed by atoms with van der Waals surface area (Å²) in [5, 5.41) is 9.04. The van der Waals surface area contributed by atoms with Gasteiger partial charge >= 0.3 is 0 Å². The molecule has 0 spiro atoms. The fourth-order valence-corrected chi connectivity index (χ4v) is 3.39. The lowest BCUT2D eigenvalue weighted by Crippen LogP contribution is -2.16. The highest BCUT2D eigenvalue weighted by atomic mass is 16.5. The summed E-state index contributed by atoms with van der Waals surface area (Å²) < 4.78 is 10.8. The molecule has 0 aliphatic carbocycles. The van der Waals surface area contributed by atoms with Crippen molar-refractivity contribution in [1.29, 1.82) is 0 Å². The second-order valence-corrected chi connectivity index (χ2v) is 7.02. The molecule has 1 atom stereocenters. The molecular weight excluding hydrogens is 370 g/mol. The number of nitrogens with one attached hydrogen (secondary N) is 3. The van der Waals surface area contributed by atoms with Crippen molar-refractivity contribution in [2.45, 2.75) is 19.3 Å². The van der Waals surface area contributed by atoms with E-state index in [9.17, 15) is 9.59 Å². The summed E-state index contributed by atoms with van der Waals surface area (Å²) in [5.41, 5.74) is 1.51. The monoisotopic (exact) mass is 397 g/mol. The zero-order valence-electron chi connectivity index (χ0n) is 16.8. The maximum absolute atomic E-state index is 12.5. The second kappa shape index (κ2) is 9.93. The van der Waals surface area contributed by atoms with Crippen molar-refractivity contribution in [2.24, 2.45) is 5.92 Å². The van der Waals surface area contributed by atoms with Crippen molar-refractivity contribution in [3.05, 3.63) is 48.0 Å². The predicted molar refractivity (Wildman–Crippen MR) is 113 cm³/mol. The average molecular weight is 397 g/mol. The number of anilines is 2. The summed E-state index contributed by atoms with van der Waals surface area (Å²) in [6, 6.07) is 12.2. The Balaban J connectivity index is 1.71. The van der Waals surface area contributed by atoms with Crippen LogP contribution in [0.1, 0.15) is 29.6 Å². The van der Waals surface area contributed by atoms with Gasteiger partial charge in [-0.2, -0.15) is 0 Å². The van der Waals surface area contributed by atoms with Crippen LogP contribution in [0.15, 0.2) is 42.5 Å². The van der Waals surface area contributed by atoms with Crippen LogP contribution >= 0.6 is 0 Å². The first kappa shape index (κ1) is 20.7. The first-order valence-electron chi connectivity index (χ1n) is 9.73. The highest BCUT2D eigenvalue weighted by Crippen LogP contribution is 2.36. The van der Waals surface area contributed by atoms with Gasteiger partial charge in [0.2, 0.25) is 5.91 Å². The molecular formula is C22H27N3O4. The summed E-state index contributed by atoms with van der Waals surface area (Å²) in [5.74, 6) is 1.11. The van der Waals surface area contributed by atoms with Gasteiger partial charge in [-0.05, 0) is 44.0 Å². The number of hydrogen-bond donors (Lipinski definition) is 3. The van der Waals surface area contributed by atoms with Crippen LogP contribution in [0.25, 0.3) is 0 Å². The lowest BCUT2D eigenvalue weighted by atomic mass is 10.0. The van der Waals surface area contributed by atoms with E-state index >= 15 is 0 Å². The number of methoxy groups -OCH3 is 2. The van der Waals surface area contributed by atoms with Gasteiger partial charge in [0.25, 0.3) is 5.91 Å². The quantitative estimate of drug-likeness (QED) is 0.636. The molecule has 154 valence electrons. The van der Waals surface area contributed by atoms with Crippen LogP contribution in [0, 0.1) is 5.92 Å². The molecule has 2 aromatic rings. The minimum absolute atomic E-state index is 0.0710. The maximum atomic E-state index is 12.5. The van der Waals surface area contributed by atoms with Crippen LogP contribution in [0.5, 0.6) is 11.5 Å². The van der Waals surface area contributed by atoms with E-state index in [1.165, 1.54) is 14.2 Å². The molecule has 0 saturated carbocycles. The molecule has 2 amide bonds. The van der Waals surface area contributed by atoms with Crippen LogP contribution in [-0.2, 0) is 4.79 Å². The van der Waals surface area contributed by atoms with E-state index in [2.05, 4.69) is 16.0 Å². The molecule has 1 aliphatic rings. The van der Waals surface area contributed by atoms with Gasteiger partial charge in [-0.3, -0.25) is 9.59 Å². The van der Waals surface area contributed by atoms with Crippen LogP contribution in [0.4, 0.5) is 11.4 Å². The Morgan fingerprint density at radius 1 is 1.03 bits per heavy atom. The Morgan fingerprint density at radius 3 is 2.28 bits per heavy atom. The average Bonchev–Trinajstić information content (AvgIpc) is 3.27. The van der Waals surface area contributed by atoms with Gasteiger partial charge in [0.15, 0.2) is 0 Å². The highest BCUT2D eigenvalue weighted by Gasteiger charge is 2.18. The molecule has 0 aromatic heterocycles. The van der Waals surface area contributed by atoms with Crippen LogP contribution in [-0.4, -0.2) is 39.1 Å². The molecule has 2 aromatic carbocycles. The van der Waals surface area contributed by atoms with Crippen LogP contribution in [0.2, 0.25) is 0 Å². The third kappa shape index (κ3) is 5.48. The lowest BCUT2D eigenvalue weighted by molar-refractivity contribution is -0.116. The fraction of sp³-hybridized carbons (Fsp3) is 0.364. The SMILES string of the molecule is COc1cc(NC(=O)c2ccccc2)c(OC)cc1NC(=O)CCC1CCNC1. The Kier molecular flexibility index (Phi) is 7.08. The number of amides is 2. The smallest absolute Gasteiger partial charge is 0.255 e.